The van der Waals surface area contributed by atoms with Crippen molar-refractivity contribution in [3.8, 4) is 0 Å². The van der Waals surface area contributed by atoms with Gasteiger partial charge in [0.1, 0.15) is 0 Å². The molecular weight excluding hydrogens is 224 g/mol. The summed E-state index contributed by atoms with van der Waals surface area (Å²) in [6.45, 7) is 4.69. The van der Waals surface area contributed by atoms with Crippen molar-refractivity contribution in [2.75, 3.05) is 31.7 Å². The maximum atomic E-state index is 5.84. The molecule has 1 aliphatic rings. The first-order chi connectivity index (χ1) is 8.66. The highest BCUT2D eigenvalue weighted by molar-refractivity contribution is 5.47. The predicted molar refractivity (Wildman–Crippen MR) is 75.9 cm³/mol. The molecule has 0 spiro atoms. The minimum absolute atomic E-state index is 0.103. The van der Waals surface area contributed by atoms with Crippen LogP contribution in [0.5, 0.6) is 0 Å². The van der Waals surface area contributed by atoms with Crippen LogP contribution in [0.25, 0.3) is 0 Å². The molecule has 0 unspecified atom stereocenters. The van der Waals surface area contributed by atoms with Crippen molar-refractivity contribution in [2.45, 2.75) is 25.8 Å². The molecule has 1 aromatic carbocycles. The maximum absolute atomic E-state index is 5.84. The SMILES string of the molecule is C[C@@H](N)c1ccc(N(C)CCOCC2CC2)cc1. The lowest BCUT2D eigenvalue weighted by Gasteiger charge is -2.20. The fourth-order valence-electron chi connectivity index (χ4n) is 1.90. The van der Waals surface area contributed by atoms with Crippen LogP contribution in [0.15, 0.2) is 24.3 Å². The van der Waals surface area contributed by atoms with E-state index in [-0.39, 0.29) is 6.04 Å². The molecule has 0 saturated heterocycles. The summed E-state index contributed by atoms with van der Waals surface area (Å²) in [4.78, 5) is 2.22. The molecule has 1 aliphatic carbocycles. The highest BCUT2D eigenvalue weighted by Gasteiger charge is 2.20. The molecule has 3 heteroatoms. The Kier molecular flexibility index (Phi) is 4.61. The number of nitrogens with zero attached hydrogens (tertiary/aromatic N) is 1. The van der Waals surface area contributed by atoms with E-state index >= 15 is 0 Å². The first-order valence-electron chi connectivity index (χ1n) is 6.81. The van der Waals surface area contributed by atoms with Crippen molar-refractivity contribution >= 4 is 5.69 Å². The number of nitrogens with two attached hydrogens (primary N) is 1. The Balaban J connectivity index is 1.74. The number of ether oxygens (including phenoxy) is 1. The lowest BCUT2D eigenvalue weighted by Crippen LogP contribution is -2.23. The van der Waals surface area contributed by atoms with Crippen molar-refractivity contribution in [3.63, 3.8) is 0 Å². The van der Waals surface area contributed by atoms with E-state index in [9.17, 15) is 0 Å². The number of likely N-dealkylation sites (N-methyl/N-ethyl adjacent to an activating group) is 1. The molecule has 0 radical (unpaired) electrons. The van der Waals surface area contributed by atoms with Crippen molar-refractivity contribution in [2.24, 2.45) is 11.7 Å². The fourth-order valence-corrected chi connectivity index (χ4v) is 1.90. The van der Waals surface area contributed by atoms with Gasteiger partial charge >= 0.3 is 0 Å². The summed E-state index contributed by atoms with van der Waals surface area (Å²) in [7, 11) is 2.10. The molecule has 1 saturated carbocycles. The van der Waals surface area contributed by atoms with Gasteiger partial charge in [0.25, 0.3) is 0 Å². The topological polar surface area (TPSA) is 38.5 Å². The summed E-state index contributed by atoms with van der Waals surface area (Å²) in [5.41, 5.74) is 8.23. The highest BCUT2D eigenvalue weighted by Crippen LogP contribution is 2.28. The molecule has 0 aliphatic heterocycles. The zero-order chi connectivity index (χ0) is 13.0. The quantitative estimate of drug-likeness (QED) is 0.754. The highest BCUT2D eigenvalue weighted by atomic mass is 16.5. The summed E-state index contributed by atoms with van der Waals surface area (Å²) in [5.74, 6) is 0.848. The van der Waals surface area contributed by atoms with Crippen molar-refractivity contribution in [3.05, 3.63) is 29.8 Å². The van der Waals surface area contributed by atoms with E-state index in [0.29, 0.717) is 0 Å². The Morgan fingerprint density at radius 1 is 1.33 bits per heavy atom. The van der Waals surface area contributed by atoms with Crippen LogP contribution in [0, 0.1) is 5.92 Å². The standard InChI is InChI=1S/C15H24N2O/c1-12(16)14-5-7-15(8-6-14)17(2)9-10-18-11-13-3-4-13/h5-8,12-13H,3-4,9-11,16H2,1-2H3/t12-/m1/s1. The van der Waals surface area contributed by atoms with Crippen LogP contribution < -0.4 is 10.6 Å². The van der Waals surface area contributed by atoms with Crippen LogP contribution in [0.3, 0.4) is 0 Å². The third-order valence-corrected chi connectivity index (χ3v) is 3.48. The normalized spacial score (nSPS) is 16.6. The molecule has 1 fully saturated rings. The Bertz CT molecular complexity index is 357. The van der Waals surface area contributed by atoms with Crippen molar-refractivity contribution in [1.82, 2.24) is 0 Å². The lowest BCUT2D eigenvalue weighted by atomic mass is 10.1. The Morgan fingerprint density at radius 3 is 2.56 bits per heavy atom. The van der Waals surface area contributed by atoms with E-state index in [1.807, 2.05) is 6.92 Å². The van der Waals surface area contributed by atoms with Crippen LogP contribution in [-0.2, 0) is 4.74 Å². The van der Waals surface area contributed by atoms with Gasteiger partial charge in [0, 0.05) is 31.9 Å². The van der Waals surface area contributed by atoms with Gasteiger partial charge in [-0.1, -0.05) is 12.1 Å². The molecule has 1 aromatic rings. The van der Waals surface area contributed by atoms with Crippen LogP contribution in [0.2, 0.25) is 0 Å². The number of rotatable bonds is 7. The van der Waals surface area contributed by atoms with Crippen LogP contribution >= 0.6 is 0 Å². The van der Waals surface area contributed by atoms with Gasteiger partial charge in [-0.2, -0.15) is 0 Å². The monoisotopic (exact) mass is 248 g/mol. The Labute approximate surface area is 110 Å². The zero-order valence-corrected chi connectivity index (χ0v) is 11.4. The summed E-state index contributed by atoms with van der Waals surface area (Å²) < 4.78 is 5.65. The van der Waals surface area contributed by atoms with Gasteiger partial charge in [0.05, 0.1) is 6.61 Å². The molecule has 2 rings (SSSR count). The number of hydrogen-bond donors (Lipinski definition) is 1. The Morgan fingerprint density at radius 2 is 2.00 bits per heavy atom. The van der Waals surface area contributed by atoms with Crippen molar-refractivity contribution in [1.29, 1.82) is 0 Å². The van der Waals surface area contributed by atoms with Gasteiger partial charge in [-0.3, -0.25) is 0 Å². The minimum atomic E-state index is 0.103. The average Bonchev–Trinajstić information content (AvgIpc) is 3.18. The van der Waals surface area contributed by atoms with E-state index in [2.05, 4.69) is 36.2 Å². The molecule has 18 heavy (non-hydrogen) atoms. The van der Waals surface area contributed by atoms with Gasteiger partial charge in [0.15, 0.2) is 0 Å². The summed E-state index contributed by atoms with van der Waals surface area (Å²) in [6, 6.07) is 8.55. The van der Waals surface area contributed by atoms with Crippen LogP contribution in [0.1, 0.15) is 31.4 Å². The molecule has 3 nitrogen and oxygen atoms in total. The van der Waals surface area contributed by atoms with Crippen LogP contribution in [-0.4, -0.2) is 26.8 Å². The van der Waals surface area contributed by atoms with E-state index in [1.54, 1.807) is 0 Å². The van der Waals surface area contributed by atoms with E-state index in [0.717, 1.165) is 25.7 Å². The summed E-state index contributed by atoms with van der Waals surface area (Å²) in [5, 5.41) is 0. The lowest BCUT2D eigenvalue weighted by molar-refractivity contribution is 0.131. The first-order valence-corrected chi connectivity index (χ1v) is 6.81. The van der Waals surface area contributed by atoms with Crippen LogP contribution in [0.4, 0.5) is 5.69 Å². The molecule has 0 aromatic heterocycles. The molecular formula is C15H24N2O. The number of benzene rings is 1. The first kappa shape index (κ1) is 13.4. The minimum Gasteiger partial charge on any atom is -0.379 e. The summed E-state index contributed by atoms with van der Waals surface area (Å²) >= 11 is 0. The van der Waals surface area contributed by atoms with E-state index < -0.39 is 0 Å². The number of anilines is 1. The maximum Gasteiger partial charge on any atom is 0.0641 e. The van der Waals surface area contributed by atoms with Gasteiger partial charge < -0.3 is 15.4 Å². The fraction of sp³-hybridized carbons (Fsp3) is 0.600. The largest absolute Gasteiger partial charge is 0.379 e. The smallest absolute Gasteiger partial charge is 0.0641 e. The predicted octanol–water partition coefficient (Wildman–Crippen LogP) is 2.57. The molecule has 100 valence electrons. The second-order valence-corrected chi connectivity index (χ2v) is 5.32. The number of hydrogen-bond acceptors (Lipinski definition) is 3. The molecule has 2 N–H and O–H groups in total. The van der Waals surface area contributed by atoms with Crippen molar-refractivity contribution < 1.29 is 4.74 Å². The third kappa shape index (κ3) is 4.00. The molecule has 0 bridgehead atoms. The molecule has 0 amide bonds. The van der Waals surface area contributed by atoms with Gasteiger partial charge in [-0.15, -0.1) is 0 Å². The second-order valence-electron chi connectivity index (χ2n) is 5.32. The molecule has 1 atom stereocenters. The van der Waals surface area contributed by atoms with Gasteiger partial charge in [0.2, 0.25) is 0 Å². The van der Waals surface area contributed by atoms with E-state index in [1.165, 1.54) is 24.1 Å². The second kappa shape index (κ2) is 6.21. The van der Waals surface area contributed by atoms with Gasteiger partial charge in [-0.05, 0) is 43.4 Å². The third-order valence-electron chi connectivity index (χ3n) is 3.48. The van der Waals surface area contributed by atoms with E-state index in [4.69, 9.17) is 10.5 Å². The average molecular weight is 248 g/mol. The summed E-state index contributed by atoms with van der Waals surface area (Å²) in [6.07, 6.45) is 2.71. The Hall–Kier alpha value is -1.06. The molecule has 0 heterocycles. The zero-order valence-electron chi connectivity index (χ0n) is 11.4. The van der Waals surface area contributed by atoms with Gasteiger partial charge in [-0.25, -0.2) is 0 Å².